The Bertz CT molecular complexity index is 356. The van der Waals surface area contributed by atoms with Crippen molar-refractivity contribution in [1.29, 1.82) is 5.41 Å². The van der Waals surface area contributed by atoms with E-state index in [0.29, 0.717) is 0 Å². The summed E-state index contributed by atoms with van der Waals surface area (Å²) in [6.45, 7) is 0. The first-order valence-corrected chi connectivity index (χ1v) is 5.62. The van der Waals surface area contributed by atoms with Crippen LogP contribution in [0.5, 0.6) is 0 Å². The average molecular weight is 237 g/mol. The third kappa shape index (κ3) is 3.58. The van der Waals surface area contributed by atoms with Gasteiger partial charge in [0.2, 0.25) is 0 Å². The summed E-state index contributed by atoms with van der Waals surface area (Å²) < 4.78 is 0. The monoisotopic (exact) mass is 237 g/mol. The van der Waals surface area contributed by atoms with Crippen LogP contribution in [0.1, 0.15) is 25.7 Å². The van der Waals surface area contributed by atoms with Gasteiger partial charge in [-0.25, -0.2) is 0 Å². The van der Waals surface area contributed by atoms with Crippen molar-refractivity contribution in [2.24, 2.45) is 16.5 Å². The Morgan fingerprint density at radius 1 is 1.53 bits per heavy atom. The summed E-state index contributed by atoms with van der Waals surface area (Å²) in [4.78, 5) is 15.2. The molecule has 0 aromatic heterocycles. The Kier molecular flexibility index (Phi) is 4.68. The van der Waals surface area contributed by atoms with Gasteiger partial charge < -0.3 is 16.8 Å². The molecule has 0 bridgehead atoms. The van der Waals surface area contributed by atoms with Crippen molar-refractivity contribution in [3.05, 3.63) is 11.8 Å². The van der Waals surface area contributed by atoms with Crippen molar-refractivity contribution < 1.29 is 4.79 Å². The van der Waals surface area contributed by atoms with Crippen LogP contribution in [0.25, 0.3) is 0 Å². The molecule has 1 atom stereocenters. The number of aliphatic imine (C=N–C) groups is 1. The Hall–Kier alpha value is -1.85. The molecule has 6 N–H and O–H groups in total. The molecule has 1 fully saturated rings. The maximum Gasteiger partial charge on any atom is 0.253 e. The second-order valence-electron chi connectivity index (χ2n) is 4.02. The van der Waals surface area contributed by atoms with E-state index >= 15 is 0 Å². The lowest BCUT2D eigenvalue weighted by molar-refractivity contribution is -0.114. The van der Waals surface area contributed by atoms with E-state index < -0.39 is 5.91 Å². The number of rotatable bonds is 4. The molecule has 0 radical (unpaired) electrons. The van der Waals surface area contributed by atoms with Gasteiger partial charge in [-0.05, 0) is 19.3 Å². The maximum atomic E-state index is 11.0. The zero-order valence-corrected chi connectivity index (χ0v) is 9.99. The normalized spacial score (nSPS) is 23.5. The van der Waals surface area contributed by atoms with Crippen LogP contribution in [0.15, 0.2) is 16.8 Å². The minimum atomic E-state index is -0.698. The predicted molar refractivity (Wildman–Crippen MR) is 67.9 cm³/mol. The number of primary amides is 1. The molecule has 1 amide bonds. The number of carbonyl (C=O) groups is 1. The van der Waals surface area contributed by atoms with Gasteiger partial charge in [-0.2, -0.15) is 0 Å². The Balaban J connectivity index is 2.73. The lowest BCUT2D eigenvalue weighted by atomic mass is 9.93. The number of hydrogen-bond acceptors (Lipinski definition) is 4. The van der Waals surface area contributed by atoms with E-state index in [9.17, 15) is 4.79 Å². The van der Waals surface area contributed by atoms with E-state index in [-0.39, 0.29) is 17.5 Å². The van der Waals surface area contributed by atoms with Gasteiger partial charge in [0, 0.05) is 19.0 Å². The van der Waals surface area contributed by atoms with Gasteiger partial charge in [0.25, 0.3) is 5.91 Å². The topological polar surface area (TPSA) is 117 Å². The summed E-state index contributed by atoms with van der Waals surface area (Å²) in [7, 11) is 1.76. The Morgan fingerprint density at radius 3 is 2.76 bits per heavy atom. The molecule has 6 nitrogen and oxygen atoms in total. The molecule has 1 aliphatic carbocycles. The van der Waals surface area contributed by atoms with Gasteiger partial charge in [0.15, 0.2) is 0 Å². The first-order valence-electron chi connectivity index (χ1n) is 5.62. The summed E-state index contributed by atoms with van der Waals surface area (Å²) >= 11 is 0. The van der Waals surface area contributed by atoms with Crippen LogP contribution in [-0.2, 0) is 4.79 Å². The Labute approximate surface area is 101 Å². The SMILES string of the molecule is C/N=C1\CCCCC1N/C=C(\C(=N)N)C(N)=O. The minimum absolute atomic E-state index is 0.00558. The van der Waals surface area contributed by atoms with Gasteiger partial charge in [0.1, 0.15) is 5.84 Å². The molecule has 17 heavy (non-hydrogen) atoms. The summed E-state index contributed by atoms with van der Waals surface area (Å²) in [6.07, 6.45) is 5.62. The van der Waals surface area contributed by atoms with E-state index in [1.54, 1.807) is 7.05 Å². The molecule has 6 heteroatoms. The summed E-state index contributed by atoms with van der Waals surface area (Å²) in [5.41, 5.74) is 11.5. The van der Waals surface area contributed by atoms with Gasteiger partial charge in [0.05, 0.1) is 11.6 Å². The highest BCUT2D eigenvalue weighted by molar-refractivity contribution is 6.18. The molecular weight excluding hydrogens is 218 g/mol. The fraction of sp³-hybridized carbons (Fsp3) is 0.545. The smallest absolute Gasteiger partial charge is 0.253 e. The van der Waals surface area contributed by atoms with Gasteiger partial charge in [-0.15, -0.1) is 0 Å². The highest BCUT2D eigenvalue weighted by Crippen LogP contribution is 2.15. The van der Waals surface area contributed by atoms with E-state index in [0.717, 1.165) is 31.4 Å². The number of nitrogens with zero attached hydrogens (tertiary/aromatic N) is 1. The van der Waals surface area contributed by atoms with Crippen LogP contribution in [-0.4, -0.2) is 30.5 Å². The second-order valence-corrected chi connectivity index (χ2v) is 4.02. The molecule has 94 valence electrons. The zero-order valence-electron chi connectivity index (χ0n) is 9.99. The van der Waals surface area contributed by atoms with Gasteiger partial charge in [-0.3, -0.25) is 15.2 Å². The van der Waals surface area contributed by atoms with Crippen molar-refractivity contribution >= 4 is 17.5 Å². The van der Waals surface area contributed by atoms with Crippen LogP contribution in [0, 0.1) is 5.41 Å². The van der Waals surface area contributed by atoms with Crippen molar-refractivity contribution in [2.75, 3.05) is 7.05 Å². The van der Waals surface area contributed by atoms with E-state index in [2.05, 4.69) is 10.3 Å². The van der Waals surface area contributed by atoms with Crippen molar-refractivity contribution in [3.8, 4) is 0 Å². The molecule has 1 aliphatic rings. The van der Waals surface area contributed by atoms with Crippen LogP contribution in [0.3, 0.4) is 0 Å². The first kappa shape index (κ1) is 13.2. The van der Waals surface area contributed by atoms with E-state index in [1.807, 2.05) is 0 Å². The first-order chi connectivity index (χ1) is 8.06. The number of carbonyl (C=O) groups excluding carboxylic acids is 1. The highest BCUT2D eigenvalue weighted by atomic mass is 16.1. The molecule has 0 aliphatic heterocycles. The van der Waals surface area contributed by atoms with Gasteiger partial charge >= 0.3 is 0 Å². The van der Waals surface area contributed by atoms with Crippen LogP contribution in [0.4, 0.5) is 0 Å². The van der Waals surface area contributed by atoms with E-state index in [4.69, 9.17) is 16.9 Å². The second kappa shape index (κ2) is 6.03. The number of nitrogens with one attached hydrogen (secondary N) is 2. The maximum absolute atomic E-state index is 11.0. The third-order valence-corrected chi connectivity index (χ3v) is 2.85. The lowest BCUT2D eigenvalue weighted by Crippen LogP contribution is -2.37. The zero-order chi connectivity index (χ0) is 12.8. The fourth-order valence-corrected chi connectivity index (χ4v) is 1.91. The Morgan fingerprint density at radius 2 is 2.24 bits per heavy atom. The van der Waals surface area contributed by atoms with Crippen molar-refractivity contribution in [2.45, 2.75) is 31.7 Å². The van der Waals surface area contributed by atoms with Crippen LogP contribution >= 0.6 is 0 Å². The molecular formula is C11H19N5O. The van der Waals surface area contributed by atoms with Crippen molar-refractivity contribution in [3.63, 3.8) is 0 Å². The quantitative estimate of drug-likeness (QED) is 0.310. The summed E-state index contributed by atoms with van der Waals surface area (Å²) in [5.74, 6) is -1.02. The molecule has 0 spiro atoms. The lowest BCUT2D eigenvalue weighted by Gasteiger charge is -2.24. The largest absolute Gasteiger partial charge is 0.383 e. The fourth-order valence-electron chi connectivity index (χ4n) is 1.91. The average Bonchev–Trinajstić information content (AvgIpc) is 2.29. The number of hydrogen-bond donors (Lipinski definition) is 4. The number of nitrogens with two attached hydrogens (primary N) is 2. The predicted octanol–water partition coefficient (Wildman–Crippen LogP) is -0.105. The standard InChI is InChI=1S/C11H19N5O/c1-15-8-4-2-3-5-9(8)16-6-7(10(12)13)11(14)17/h6,9,16H,2-5H2,1H3,(H3,12,13)(H2,14,17)/b7-6+,15-8+. The van der Waals surface area contributed by atoms with Crippen LogP contribution < -0.4 is 16.8 Å². The van der Waals surface area contributed by atoms with E-state index in [1.165, 1.54) is 6.20 Å². The third-order valence-electron chi connectivity index (χ3n) is 2.85. The molecule has 1 saturated carbocycles. The molecule has 0 heterocycles. The molecule has 0 saturated heterocycles. The summed E-state index contributed by atoms with van der Waals surface area (Å²) in [6, 6.07) is 0.113. The number of amidine groups is 1. The number of amides is 1. The molecule has 1 unspecified atom stereocenters. The molecule has 0 aromatic rings. The van der Waals surface area contributed by atoms with Crippen LogP contribution in [0.2, 0.25) is 0 Å². The molecule has 0 aromatic carbocycles. The summed E-state index contributed by atoms with van der Waals surface area (Å²) in [5, 5.41) is 10.3. The van der Waals surface area contributed by atoms with Gasteiger partial charge in [-0.1, -0.05) is 6.42 Å². The minimum Gasteiger partial charge on any atom is -0.383 e. The highest BCUT2D eigenvalue weighted by Gasteiger charge is 2.19. The molecule has 1 rings (SSSR count). The van der Waals surface area contributed by atoms with Crippen molar-refractivity contribution in [1.82, 2.24) is 5.32 Å².